The van der Waals surface area contributed by atoms with Crippen LogP contribution in [0.1, 0.15) is 32.4 Å². The zero-order chi connectivity index (χ0) is 17.7. The topological polar surface area (TPSA) is 56.2 Å². The number of rotatable bonds is 6. The van der Waals surface area contributed by atoms with Gasteiger partial charge in [-0.2, -0.15) is 0 Å². The monoisotopic (exact) mass is 336 g/mol. The molecular formula is C19H32N2O3. The molecule has 1 aromatic rings. The van der Waals surface area contributed by atoms with Crippen molar-refractivity contribution in [2.75, 3.05) is 46.4 Å². The van der Waals surface area contributed by atoms with Gasteiger partial charge in [0.15, 0.2) is 0 Å². The minimum absolute atomic E-state index is 0.0817. The lowest BCUT2D eigenvalue weighted by atomic mass is 9.89. The predicted octanol–water partition coefficient (Wildman–Crippen LogP) is 1.75. The van der Waals surface area contributed by atoms with E-state index in [1.807, 2.05) is 24.3 Å². The highest BCUT2D eigenvalue weighted by atomic mass is 16.5. The molecule has 0 aliphatic carbocycles. The minimum atomic E-state index is -0.484. The highest BCUT2D eigenvalue weighted by Crippen LogP contribution is 2.21. The molecule has 1 saturated heterocycles. The first-order valence-electron chi connectivity index (χ1n) is 8.74. The number of ether oxygens (including phenoxy) is 1. The van der Waals surface area contributed by atoms with E-state index in [0.29, 0.717) is 6.54 Å². The fraction of sp³-hybridized carbons (Fsp3) is 0.684. The van der Waals surface area contributed by atoms with E-state index in [9.17, 15) is 10.2 Å². The molecule has 0 radical (unpaired) electrons. The Hall–Kier alpha value is -1.14. The molecule has 0 unspecified atom stereocenters. The second kappa shape index (κ2) is 8.30. The standard InChI is InChI=1S/C19H32N2O3/c1-19(2,3)18(23)14-21-11-9-20(10-12-21)13-17(22)15-5-7-16(24-4)8-6-15/h5-8,17-18,22-23H,9-14H2,1-4H3/t17-,18+/m0/s1. The van der Waals surface area contributed by atoms with Crippen molar-refractivity contribution in [3.8, 4) is 5.75 Å². The number of hydrogen-bond acceptors (Lipinski definition) is 5. The van der Waals surface area contributed by atoms with Crippen molar-refractivity contribution in [3.05, 3.63) is 29.8 Å². The van der Waals surface area contributed by atoms with Gasteiger partial charge in [0.05, 0.1) is 19.3 Å². The molecule has 1 aliphatic heterocycles. The smallest absolute Gasteiger partial charge is 0.118 e. The van der Waals surface area contributed by atoms with Gasteiger partial charge < -0.3 is 14.9 Å². The molecular weight excluding hydrogens is 304 g/mol. The molecule has 5 heteroatoms. The van der Waals surface area contributed by atoms with Gasteiger partial charge in [0.1, 0.15) is 5.75 Å². The van der Waals surface area contributed by atoms with Crippen molar-refractivity contribution in [2.24, 2.45) is 5.41 Å². The fourth-order valence-corrected chi connectivity index (χ4v) is 2.85. The van der Waals surface area contributed by atoms with E-state index >= 15 is 0 Å². The van der Waals surface area contributed by atoms with Crippen LogP contribution in [0, 0.1) is 5.41 Å². The summed E-state index contributed by atoms with van der Waals surface area (Å²) in [5.41, 5.74) is 0.836. The molecule has 0 amide bonds. The SMILES string of the molecule is COc1ccc([C@@H](O)CN2CCN(C[C@@H](O)C(C)(C)C)CC2)cc1. The number of aliphatic hydroxyl groups excluding tert-OH is 2. The zero-order valence-corrected chi connectivity index (χ0v) is 15.4. The number of nitrogens with zero attached hydrogens (tertiary/aromatic N) is 2. The second-order valence-corrected chi connectivity index (χ2v) is 7.77. The summed E-state index contributed by atoms with van der Waals surface area (Å²) in [6.07, 6.45) is -0.795. The first kappa shape index (κ1) is 19.2. The van der Waals surface area contributed by atoms with Gasteiger partial charge in [0, 0.05) is 39.3 Å². The van der Waals surface area contributed by atoms with Gasteiger partial charge in [0.2, 0.25) is 0 Å². The summed E-state index contributed by atoms with van der Waals surface area (Å²) in [5, 5.41) is 20.7. The van der Waals surface area contributed by atoms with Crippen LogP contribution in [0.4, 0.5) is 0 Å². The maximum atomic E-state index is 10.4. The second-order valence-electron chi connectivity index (χ2n) is 7.77. The average molecular weight is 336 g/mol. The molecule has 1 fully saturated rings. The summed E-state index contributed by atoms with van der Waals surface area (Å²) >= 11 is 0. The Morgan fingerprint density at radius 3 is 1.92 bits per heavy atom. The Balaban J connectivity index is 1.77. The first-order chi connectivity index (χ1) is 11.3. The van der Waals surface area contributed by atoms with Crippen LogP contribution in [0.15, 0.2) is 24.3 Å². The van der Waals surface area contributed by atoms with Crippen LogP contribution in [0.25, 0.3) is 0 Å². The van der Waals surface area contributed by atoms with Crippen LogP contribution in [0.5, 0.6) is 5.75 Å². The molecule has 0 spiro atoms. The minimum Gasteiger partial charge on any atom is -0.497 e. The molecule has 1 aromatic carbocycles. The molecule has 24 heavy (non-hydrogen) atoms. The van der Waals surface area contributed by atoms with E-state index in [4.69, 9.17) is 4.74 Å². The molecule has 136 valence electrons. The van der Waals surface area contributed by atoms with Crippen LogP contribution in [0.2, 0.25) is 0 Å². The summed E-state index contributed by atoms with van der Waals surface area (Å²) < 4.78 is 5.15. The summed E-state index contributed by atoms with van der Waals surface area (Å²) in [4.78, 5) is 4.60. The maximum absolute atomic E-state index is 10.4. The quantitative estimate of drug-likeness (QED) is 0.829. The number of hydrogen-bond donors (Lipinski definition) is 2. The Morgan fingerprint density at radius 2 is 1.46 bits per heavy atom. The lowest BCUT2D eigenvalue weighted by Gasteiger charge is -2.38. The van der Waals surface area contributed by atoms with Gasteiger partial charge in [-0.1, -0.05) is 32.9 Å². The Labute approximate surface area is 145 Å². The molecule has 0 saturated carbocycles. The van der Waals surface area contributed by atoms with E-state index in [-0.39, 0.29) is 11.5 Å². The lowest BCUT2D eigenvalue weighted by Crippen LogP contribution is -2.50. The van der Waals surface area contributed by atoms with Crippen molar-refractivity contribution >= 4 is 0 Å². The third kappa shape index (κ3) is 5.45. The number of aliphatic hydroxyl groups is 2. The molecule has 2 N–H and O–H groups in total. The summed E-state index contributed by atoms with van der Waals surface area (Å²) in [6, 6.07) is 7.59. The maximum Gasteiger partial charge on any atom is 0.118 e. The van der Waals surface area contributed by atoms with Crippen LogP contribution in [-0.2, 0) is 0 Å². The van der Waals surface area contributed by atoms with Gasteiger partial charge in [-0.25, -0.2) is 0 Å². The Bertz CT molecular complexity index is 490. The summed E-state index contributed by atoms with van der Waals surface area (Å²) in [7, 11) is 1.64. The van der Waals surface area contributed by atoms with Crippen molar-refractivity contribution < 1.29 is 14.9 Å². The fourth-order valence-electron chi connectivity index (χ4n) is 2.85. The summed E-state index contributed by atoms with van der Waals surface area (Å²) in [6.45, 7) is 11.3. The van der Waals surface area contributed by atoms with Crippen molar-refractivity contribution in [1.29, 1.82) is 0 Å². The van der Waals surface area contributed by atoms with Gasteiger partial charge >= 0.3 is 0 Å². The van der Waals surface area contributed by atoms with E-state index in [1.54, 1.807) is 7.11 Å². The normalized spacial score (nSPS) is 19.9. The van der Waals surface area contributed by atoms with Crippen LogP contribution >= 0.6 is 0 Å². The lowest BCUT2D eigenvalue weighted by molar-refractivity contribution is 0.00718. The third-order valence-electron chi connectivity index (χ3n) is 4.83. The van der Waals surface area contributed by atoms with E-state index in [1.165, 1.54) is 0 Å². The highest BCUT2D eigenvalue weighted by Gasteiger charge is 2.27. The average Bonchev–Trinajstić information content (AvgIpc) is 2.55. The van der Waals surface area contributed by atoms with Gasteiger partial charge in [-0.3, -0.25) is 9.80 Å². The number of methoxy groups -OCH3 is 1. The zero-order valence-electron chi connectivity index (χ0n) is 15.4. The van der Waals surface area contributed by atoms with Gasteiger partial charge in [-0.05, 0) is 23.1 Å². The van der Waals surface area contributed by atoms with Crippen LogP contribution in [0.3, 0.4) is 0 Å². The molecule has 5 nitrogen and oxygen atoms in total. The van der Waals surface area contributed by atoms with E-state index in [0.717, 1.165) is 44.0 Å². The van der Waals surface area contributed by atoms with Crippen molar-refractivity contribution in [2.45, 2.75) is 33.0 Å². The highest BCUT2D eigenvalue weighted by molar-refractivity contribution is 5.28. The molecule has 0 aromatic heterocycles. The van der Waals surface area contributed by atoms with Crippen molar-refractivity contribution in [1.82, 2.24) is 9.80 Å². The Kier molecular flexibility index (Phi) is 6.63. The molecule has 1 heterocycles. The van der Waals surface area contributed by atoms with Crippen LogP contribution in [-0.4, -0.2) is 72.5 Å². The molecule has 2 atom stereocenters. The van der Waals surface area contributed by atoms with Gasteiger partial charge in [-0.15, -0.1) is 0 Å². The molecule has 2 rings (SSSR count). The van der Waals surface area contributed by atoms with E-state index < -0.39 is 6.10 Å². The number of β-amino-alcohol motifs (C(OH)–C–C–N with tert-alkyl or cyclic N) is 2. The number of benzene rings is 1. The van der Waals surface area contributed by atoms with Crippen LogP contribution < -0.4 is 4.74 Å². The Morgan fingerprint density at radius 1 is 0.958 bits per heavy atom. The van der Waals surface area contributed by atoms with E-state index in [2.05, 4.69) is 30.6 Å². The molecule has 0 bridgehead atoms. The largest absolute Gasteiger partial charge is 0.497 e. The summed E-state index contributed by atoms with van der Waals surface area (Å²) in [5.74, 6) is 0.803. The predicted molar refractivity (Wildman–Crippen MR) is 96.3 cm³/mol. The third-order valence-corrected chi connectivity index (χ3v) is 4.83. The van der Waals surface area contributed by atoms with Gasteiger partial charge in [0.25, 0.3) is 0 Å². The van der Waals surface area contributed by atoms with Crippen molar-refractivity contribution in [3.63, 3.8) is 0 Å². The molecule has 1 aliphatic rings. The number of piperazine rings is 1. The first-order valence-corrected chi connectivity index (χ1v) is 8.74.